The van der Waals surface area contributed by atoms with Gasteiger partial charge in [-0.2, -0.15) is 0 Å². The monoisotopic (exact) mass is 239 g/mol. The fourth-order valence-electron chi connectivity index (χ4n) is 2.36. The van der Waals surface area contributed by atoms with E-state index in [0.29, 0.717) is 0 Å². The summed E-state index contributed by atoms with van der Waals surface area (Å²) in [5.74, 6) is -0.181. The second-order valence-electron chi connectivity index (χ2n) is 4.56. The molecule has 0 saturated heterocycles. The fraction of sp³-hybridized carbons (Fsp3) is 0.125. The number of hydrogen-bond donors (Lipinski definition) is 0. The van der Waals surface area contributed by atoms with Crippen molar-refractivity contribution in [2.75, 3.05) is 0 Å². The molecule has 0 saturated carbocycles. The zero-order valence-corrected chi connectivity index (χ0v) is 10.2. The van der Waals surface area contributed by atoms with Gasteiger partial charge < -0.3 is 4.57 Å². The lowest BCUT2D eigenvalue weighted by atomic mass is 10.2. The number of benzene rings is 2. The van der Waals surface area contributed by atoms with Gasteiger partial charge in [0.05, 0.1) is 0 Å². The van der Waals surface area contributed by atoms with Gasteiger partial charge in [-0.25, -0.2) is 4.39 Å². The number of halogens is 1. The number of aromatic nitrogens is 1. The molecule has 0 radical (unpaired) electrons. The Morgan fingerprint density at radius 1 is 1.00 bits per heavy atom. The average molecular weight is 239 g/mol. The van der Waals surface area contributed by atoms with Gasteiger partial charge in [0.25, 0.3) is 0 Å². The molecule has 2 heteroatoms. The van der Waals surface area contributed by atoms with Gasteiger partial charge >= 0.3 is 0 Å². The van der Waals surface area contributed by atoms with Crippen molar-refractivity contribution < 1.29 is 4.39 Å². The van der Waals surface area contributed by atoms with Crippen LogP contribution in [0.1, 0.15) is 11.3 Å². The van der Waals surface area contributed by atoms with E-state index in [2.05, 4.69) is 23.6 Å². The molecule has 0 spiro atoms. The molecule has 0 fully saturated rings. The summed E-state index contributed by atoms with van der Waals surface area (Å²) < 4.78 is 15.4. The quantitative estimate of drug-likeness (QED) is 0.633. The summed E-state index contributed by atoms with van der Waals surface area (Å²) in [6.07, 6.45) is 0. The lowest BCUT2D eigenvalue weighted by Gasteiger charge is -2.08. The fourth-order valence-corrected chi connectivity index (χ4v) is 2.36. The standard InChI is InChI=1S/C16H14FN/c1-12-9-14-10-15(17)7-8-16(14)18(12)11-13-5-3-2-4-6-13/h2-10H,11H2,1H3. The van der Waals surface area contributed by atoms with Gasteiger partial charge in [-0.15, -0.1) is 0 Å². The van der Waals surface area contributed by atoms with E-state index >= 15 is 0 Å². The Hall–Kier alpha value is -2.09. The number of fused-ring (bicyclic) bond motifs is 1. The summed E-state index contributed by atoms with van der Waals surface area (Å²) in [5, 5.41) is 0.962. The lowest BCUT2D eigenvalue weighted by molar-refractivity contribution is 0.629. The van der Waals surface area contributed by atoms with Crippen molar-refractivity contribution in [2.24, 2.45) is 0 Å². The zero-order valence-electron chi connectivity index (χ0n) is 10.2. The highest BCUT2D eigenvalue weighted by molar-refractivity contribution is 5.81. The molecule has 0 aliphatic rings. The molecule has 0 N–H and O–H groups in total. The van der Waals surface area contributed by atoms with Crippen molar-refractivity contribution >= 4 is 10.9 Å². The first-order chi connectivity index (χ1) is 8.74. The number of nitrogens with zero attached hydrogens (tertiary/aromatic N) is 1. The predicted molar refractivity (Wildman–Crippen MR) is 72.2 cm³/mol. The molecule has 1 aromatic heterocycles. The van der Waals surface area contributed by atoms with Crippen LogP contribution < -0.4 is 0 Å². The molecular weight excluding hydrogens is 225 g/mol. The number of hydrogen-bond acceptors (Lipinski definition) is 0. The first kappa shape index (κ1) is 11.0. The van der Waals surface area contributed by atoms with Gasteiger partial charge in [-0.3, -0.25) is 0 Å². The van der Waals surface area contributed by atoms with E-state index in [1.807, 2.05) is 30.3 Å². The van der Waals surface area contributed by atoms with E-state index in [9.17, 15) is 4.39 Å². The zero-order chi connectivity index (χ0) is 12.5. The lowest BCUT2D eigenvalue weighted by Crippen LogP contribution is -2.01. The van der Waals surface area contributed by atoms with Crippen LogP contribution in [0.25, 0.3) is 10.9 Å². The largest absolute Gasteiger partial charge is 0.340 e. The summed E-state index contributed by atoms with van der Waals surface area (Å²) in [6.45, 7) is 2.88. The van der Waals surface area contributed by atoms with Crippen molar-refractivity contribution in [3.63, 3.8) is 0 Å². The van der Waals surface area contributed by atoms with Gasteiger partial charge in [0.2, 0.25) is 0 Å². The van der Waals surface area contributed by atoms with E-state index in [1.54, 1.807) is 6.07 Å². The van der Waals surface area contributed by atoms with Crippen LogP contribution in [0, 0.1) is 12.7 Å². The molecule has 3 rings (SSSR count). The summed E-state index contributed by atoms with van der Waals surface area (Å²) >= 11 is 0. The van der Waals surface area contributed by atoms with Crippen LogP contribution >= 0.6 is 0 Å². The molecule has 18 heavy (non-hydrogen) atoms. The van der Waals surface area contributed by atoms with Crippen molar-refractivity contribution in [1.82, 2.24) is 4.57 Å². The molecule has 90 valence electrons. The van der Waals surface area contributed by atoms with E-state index in [-0.39, 0.29) is 5.82 Å². The van der Waals surface area contributed by atoms with E-state index < -0.39 is 0 Å². The third-order valence-corrected chi connectivity index (χ3v) is 3.25. The molecule has 0 aliphatic heterocycles. The smallest absolute Gasteiger partial charge is 0.123 e. The molecule has 1 nitrogen and oxygen atoms in total. The first-order valence-corrected chi connectivity index (χ1v) is 6.03. The van der Waals surface area contributed by atoms with Crippen molar-refractivity contribution in [2.45, 2.75) is 13.5 Å². The Morgan fingerprint density at radius 2 is 1.78 bits per heavy atom. The van der Waals surface area contributed by atoms with Gasteiger partial charge in [-0.1, -0.05) is 30.3 Å². The van der Waals surface area contributed by atoms with Crippen LogP contribution in [0.5, 0.6) is 0 Å². The molecule has 3 aromatic rings. The Labute approximate surface area is 105 Å². The highest BCUT2D eigenvalue weighted by Crippen LogP contribution is 2.21. The Kier molecular flexibility index (Phi) is 2.63. The van der Waals surface area contributed by atoms with Crippen LogP contribution in [0.4, 0.5) is 4.39 Å². The normalized spacial score (nSPS) is 11.0. The molecule has 0 bridgehead atoms. The van der Waals surface area contributed by atoms with Gasteiger partial charge in [0.15, 0.2) is 0 Å². The summed E-state index contributed by atoms with van der Waals surface area (Å²) in [6, 6.07) is 17.3. The highest BCUT2D eigenvalue weighted by atomic mass is 19.1. The van der Waals surface area contributed by atoms with Crippen molar-refractivity contribution in [3.05, 3.63) is 71.7 Å². The molecular formula is C16H14FN. The predicted octanol–water partition coefficient (Wildman–Crippen LogP) is 4.14. The molecule has 0 amide bonds. The second-order valence-corrected chi connectivity index (χ2v) is 4.56. The maximum Gasteiger partial charge on any atom is 0.123 e. The summed E-state index contributed by atoms with van der Waals surface area (Å²) in [4.78, 5) is 0. The van der Waals surface area contributed by atoms with Gasteiger partial charge in [0.1, 0.15) is 5.82 Å². The topological polar surface area (TPSA) is 4.93 Å². The minimum atomic E-state index is -0.181. The van der Waals surface area contributed by atoms with Crippen LogP contribution in [-0.2, 0) is 6.54 Å². The Morgan fingerprint density at radius 3 is 2.56 bits per heavy atom. The van der Waals surface area contributed by atoms with E-state index in [0.717, 1.165) is 23.1 Å². The number of rotatable bonds is 2. The molecule has 0 unspecified atom stereocenters. The van der Waals surface area contributed by atoms with Gasteiger partial charge in [-0.05, 0) is 36.8 Å². The Balaban J connectivity index is 2.09. The molecule has 1 heterocycles. The third kappa shape index (κ3) is 1.90. The third-order valence-electron chi connectivity index (χ3n) is 3.25. The maximum absolute atomic E-state index is 13.2. The molecule has 2 aromatic carbocycles. The minimum absolute atomic E-state index is 0.181. The first-order valence-electron chi connectivity index (χ1n) is 6.03. The van der Waals surface area contributed by atoms with E-state index in [4.69, 9.17) is 0 Å². The SMILES string of the molecule is Cc1cc2cc(F)ccc2n1Cc1ccccc1. The van der Waals surface area contributed by atoms with Gasteiger partial charge in [0, 0.05) is 23.1 Å². The minimum Gasteiger partial charge on any atom is -0.340 e. The Bertz CT molecular complexity index is 683. The van der Waals surface area contributed by atoms with Crippen LogP contribution in [0.3, 0.4) is 0 Å². The van der Waals surface area contributed by atoms with Crippen LogP contribution in [0.2, 0.25) is 0 Å². The second kappa shape index (κ2) is 4.30. The highest BCUT2D eigenvalue weighted by Gasteiger charge is 2.06. The summed E-state index contributed by atoms with van der Waals surface area (Å²) in [7, 11) is 0. The van der Waals surface area contributed by atoms with Crippen LogP contribution in [-0.4, -0.2) is 4.57 Å². The molecule has 0 atom stereocenters. The van der Waals surface area contributed by atoms with Crippen LogP contribution in [0.15, 0.2) is 54.6 Å². The number of aryl methyl sites for hydroxylation is 1. The molecule has 0 aliphatic carbocycles. The van der Waals surface area contributed by atoms with Crippen molar-refractivity contribution in [1.29, 1.82) is 0 Å². The van der Waals surface area contributed by atoms with Crippen molar-refractivity contribution in [3.8, 4) is 0 Å². The van der Waals surface area contributed by atoms with E-state index in [1.165, 1.54) is 11.6 Å². The average Bonchev–Trinajstić information content (AvgIpc) is 2.66. The maximum atomic E-state index is 13.2. The summed E-state index contributed by atoms with van der Waals surface area (Å²) in [5.41, 5.74) is 3.49.